The van der Waals surface area contributed by atoms with E-state index < -0.39 is 0 Å². The van der Waals surface area contributed by atoms with E-state index in [1.54, 1.807) is 30.5 Å². The van der Waals surface area contributed by atoms with E-state index in [2.05, 4.69) is 11.9 Å². The van der Waals surface area contributed by atoms with Crippen molar-refractivity contribution in [2.45, 2.75) is 45.4 Å². The van der Waals surface area contributed by atoms with Crippen molar-refractivity contribution in [3.8, 4) is 11.5 Å². The number of methoxy groups -OCH3 is 1. The number of ketones is 2. The number of nitrogens with zero attached hydrogens (tertiary/aromatic N) is 1. The third-order valence-electron chi connectivity index (χ3n) is 4.56. The normalized spacial score (nSPS) is 11.0. The van der Waals surface area contributed by atoms with Crippen LogP contribution in [0.3, 0.4) is 0 Å². The fourth-order valence-corrected chi connectivity index (χ4v) is 2.96. The van der Waals surface area contributed by atoms with Gasteiger partial charge in [-0.1, -0.05) is 31.9 Å². The van der Waals surface area contributed by atoms with E-state index in [0.717, 1.165) is 36.0 Å². The first-order chi connectivity index (χ1) is 13.9. The summed E-state index contributed by atoms with van der Waals surface area (Å²) in [6.45, 7) is 2.07. The first kappa shape index (κ1) is 22.1. The highest BCUT2D eigenvalue weighted by Crippen LogP contribution is 2.31. The fourth-order valence-electron chi connectivity index (χ4n) is 2.96. The molecule has 0 amide bonds. The molecular weight excluding hydrogens is 368 g/mol. The highest BCUT2D eigenvalue weighted by Gasteiger charge is 2.11. The Bertz CT molecular complexity index is 873. The minimum absolute atomic E-state index is 0.0143. The summed E-state index contributed by atoms with van der Waals surface area (Å²) in [4.78, 5) is 28.2. The van der Waals surface area contributed by atoms with Gasteiger partial charge >= 0.3 is 0 Å². The molecule has 1 aromatic carbocycles. The molecule has 6 nitrogen and oxygen atoms in total. The second-order valence-electron chi connectivity index (χ2n) is 6.96. The number of nitrogen functional groups attached to an aromatic ring is 1. The predicted octanol–water partition coefficient (Wildman–Crippen LogP) is 4.09. The van der Waals surface area contributed by atoms with Crippen molar-refractivity contribution in [1.29, 1.82) is 0 Å². The molecule has 0 aliphatic rings. The van der Waals surface area contributed by atoms with Gasteiger partial charge in [0.05, 0.1) is 13.5 Å². The van der Waals surface area contributed by atoms with Gasteiger partial charge in [0.1, 0.15) is 11.6 Å². The van der Waals surface area contributed by atoms with E-state index in [9.17, 15) is 14.7 Å². The van der Waals surface area contributed by atoms with Crippen molar-refractivity contribution in [2.24, 2.45) is 0 Å². The van der Waals surface area contributed by atoms with Crippen molar-refractivity contribution in [2.75, 3.05) is 12.8 Å². The number of carbonyl (C=O) groups is 2. The molecule has 29 heavy (non-hydrogen) atoms. The number of Topliss-reactive ketones (excluding diaryl/α,β-unsaturated/α-hetero) is 1. The minimum Gasteiger partial charge on any atom is -0.504 e. The molecular formula is C23H28N2O4. The van der Waals surface area contributed by atoms with E-state index >= 15 is 0 Å². The molecule has 0 spiro atoms. The molecule has 154 valence electrons. The largest absolute Gasteiger partial charge is 0.504 e. The van der Waals surface area contributed by atoms with Crippen LogP contribution < -0.4 is 10.5 Å². The Morgan fingerprint density at radius 2 is 2.03 bits per heavy atom. The number of benzene rings is 1. The molecule has 0 atom stereocenters. The number of unbranched alkanes of at least 4 members (excludes halogenated alkanes) is 2. The number of allylic oxidation sites excluding steroid dienone is 1. The summed E-state index contributed by atoms with van der Waals surface area (Å²) < 4.78 is 5.18. The van der Waals surface area contributed by atoms with Crippen LogP contribution in [0.25, 0.3) is 6.08 Å². The Balaban J connectivity index is 2.16. The summed E-state index contributed by atoms with van der Waals surface area (Å²) in [5, 5.41) is 10.1. The van der Waals surface area contributed by atoms with Crippen molar-refractivity contribution in [3.05, 3.63) is 53.2 Å². The summed E-state index contributed by atoms with van der Waals surface area (Å²) in [5.41, 5.74) is 8.06. The van der Waals surface area contributed by atoms with Crippen LogP contribution in [0, 0.1) is 0 Å². The maximum absolute atomic E-state index is 12.2. The molecule has 0 bridgehead atoms. The van der Waals surface area contributed by atoms with Crippen LogP contribution in [0.4, 0.5) is 5.82 Å². The van der Waals surface area contributed by atoms with Gasteiger partial charge in [-0.05, 0) is 53.8 Å². The van der Waals surface area contributed by atoms with Gasteiger partial charge < -0.3 is 15.6 Å². The molecule has 2 rings (SSSR count). The Hall–Kier alpha value is -3.15. The molecule has 1 aromatic heterocycles. The van der Waals surface area contributed by atoms with Crippen molar-refractivity contribution in [3.63, 3.8) is 0 Å². The van der Waals surface area contributed by atoms with Gasteiger partial charge in [0.2, 0.25) is 0 Å². The smallest absolute Gasteiger partial charge is 0.163 e. The highest BCUT2D eigenvalue weighted by atomic mass is 16.5. The van der Waals surface area contributed by atoms with Gasteiger partial charge in [-0.25, -0.2) is 4.98 Å². The SMILES string of the molecule is CCCCCC(=O)CC(=O)C=Cc1cc(OC)c(O)cc1Cc1ccc(N)nc1. The number of aromatic hydroxyl groups is 1. The molecule has 0 aliphatic carbocycles. The summed E-state index contributed by atoms with van der Waals surface area (Å²) >= 11 is 0. The van der Waals surface area contributed by atoms with Gasteiger partial charge in [0, 0.05) is 12.6 Å². The number of rotatable bonds is 11. The summed E-state index contributed by atoms with van der Waals surface area (Å²) in [6, 6.07) is 6.84. The third kappa shape index (κ3) is 7.07. The highest BCUT2D eigenvalue weighted by molar-refractivity contribution is 6.06. The molecule has 2 aromatic rings. The molecule has 6 heteroatoms. The van der Waals surface area contributed by atoms with Crippen LogP contribution in [0.2, 0.25) is 0 Å². The third-order valence-corrected chi connectivity index (χ3v) is 4.56. The van der Waals surface area contributed by atoms with Crippen molar-refractivity contribution < 1.29 is 19.4 Å². The number of ether oxygens (including phenoxy) is 1. The van der Waals surface area contributed by atoms with Crippen LogP contribution in [-0.2, 0) is 16.0 Å². The topological polar surface area (TPSA) is 103 Å². The van der Waals surface area contributed by atoms with Gasteiger partial charge in [-0.15, -0.1) is 0 Å². The van der Waals surface area contributed by atoms with Gasteiger partial charge in [0.15, 0.2) is 17.3 Å². The van der Waals surface area contributed by atoms with Gasteiger partial charge in [-0.2, -0.15) is 0 Å². The van der Waals surface area contributed by atoms with Crippen LogP contribution in [0.1, 0.15) is 55.7 Å². The zero-order valence-electron chi connectivity index (χ0n) is 17.0. The van der Waals surface area contributed by atoms with Crippen molar-refractivity contribution in [1.82, 2.24) is 4.98 Å². The molecule has 0 unspecified atom stereocenters. The van der Waals surface area contributed by atoms with E-state index in [4.69, 9.17) is 10.5 Å². The average Bonchev–Trinajstić information content (AvgIpc) is 2.69. The molecule has 0 fully saturated rings. The lowest BCUT2D eigenvalue weighted by Gasteiger charge is -2.11. The molecule has 0 aliphatic heterocycles. The lowest BCUT2D eigenvalue weighted by Crippen LogP contribution is -2.05. The predicted molar refractivity (Wildman–Crippen MR) is 114 cm³/mol. The van der Waals surface area contributed by atoms with Crippen molar-refractivity contribution >= 4 is 23.5 Å². The summed E-state index contributed by atoms with van der Waals surface area (Å²) in [6.07, 6.45) is 8.43. The Labute approximate surface area is 171 Å². The Morgan fingerprint density at radius 1 is 1.24 bits per heavy atom. The second-order valence-corrected chi connectivity index (χ2v) is 6.96. The second kappa shape index (κ2) is 11.0. The van der Waals surface area contributed by atoms with Gasteiger partial charge in [0.25, 0.3) is 0 Å². The van der Waals surface area contributed by atoms with Crippen LogP contribution in [-0.4, -0.2) is 28.8 Å². The number of hydrogen-bond acceptors (Lipinski definition) is 6. The number of hydrogen-bond donors (Lipinski definition) is 2. The lowest BCUT2D eigenvalue weighted by molar-refractivity contribution is -0.124. The maximum Gasteiger partial charge on any atom is 0.163 e. The number of nitrogens with two attached hydrogens (primary N) is 1. The summed E-state index contributed by atoms with van der Waals surface area (Å²) in [5.74, 6) is 0.483. The first-order valence-electron chi connectivity index (χ1n) is 9.75. The zero-order chi connectivity index (χ0) is 21.2. The number of aromatic nitrogens is 1. The number of phenols is 1. The monoisotopic (exact) mass is 396 g/mol. The molecule has 3 N–H and O–H groups in total. The lowest BCUT2D eigenvalue weighted by atomic mass is 9.98. The molecule has 0 saturated carbocycles. The van der Waals surface area contributed by atoms with Gasteiger partial charge in [-0.3, -0.25) is 9.59 Å². The number of carbonyl (C=O) groups excluding carboxylic acids is 2. The van der Waals surface area contributed by atoms with Crippen LogP contribution in [0.5, 0.6) is 11.5 Å². The van der Waals surface area contributed by atoms with E-state index in [-0.39, 0.29) is 23.7 Å². The Morgan fingerprint density at radius 3 is 2.69 bits per heavy atom. The molecule has 0 radical (unpaired) electrons. The maximum atomic E-state index is 12.2. The van der Waals surface area contributed by atoms with E-state index in [1.165, 1.54) is 13.2 Å². The van der Waals surface area contributed by atoms with Crippen LogP contribution >= 0.6 is 0 Å². The fraction of sp³-hybridized carbons (Fsp3) is 0.348. The molecule has 0 saturated heterocycles. The number of anilines is 1. The zero-order valence-corrected chi connectivity index (χ0v) is 17.0. The average molecular weight is 396 g/mol. The standard InChI is InChI=1S/C23H28N2O4/c1-3-4-5-6-19(26)14-20(27)9-8-17-13-22(29-2)21(28)12-18(17)11-16-7-10-23(24)25-15-16/h7-10,12-13,15,28H,3-6,11,14H2,1-2H3,(H2,24,25). The van der Waals surface area contributed by atoms with E-state index in [0.29, 0.717) is 24.4 Å². The number of phenolic OH excluding ortho intramolecular Hbond substituents is 1. The minimum atomic E-state index is -0.237. The quantitative estimate of drug-likeness (QED) is 0.337. The van der Waals surface area contributed by atoms with E-state index in [1.807, 2.05) is 6.07 Å². The molecule has 1 heterocycles. The first-order valence-corrected chi connectivity index (χ1v) is 9.75. The Kier molecular flexibility index (Phi) is 8.40. The summed E-state index contributed by atoms with van der Waals surface area (Å²) in [7, 11) is 1.46. The number of pyridine rings is 1. The van der Waals surface area contributed by atoms with Crippen LogP contribution in [0.15, 0.2) is 36.5 Å².